The number of ether oxygens (including phenoxy) is 1. The van der Waals surface area contributed by atoms with E-state index in [-0.39, 0.29) is 0 Å². The molecule has 1 aliphatic carbocycles. The van der Waals surface area contributed by atoms with Crippen molar-refractivity contribution in [1.82, 2.24) is 10.0 Å². The van der Waals surface area contributed by atoms with Crippen molar-refractivity contribution in [2.45, 2.75) is 44.0 Å². The van der Waals surface area contributed by atoms with Crippen LogP contribution < -0.4 is 10.0 Å². The molecule has 0 spiro atoms. The smallest absolute Gasteiger partial charge is 0.215 e. The summed E-state index contributed by atoms with van der Waals surface area (Å²) in [6.45, 7) is 2.98. The third-order valence-electron chi connectivity index (χ3n) is 3.08. The Hall–Kier alpha value is -0.170. The van der Waals surface area contributed by atoms with E-state index >= 15 is 0 Å². The Bertz CT molecular complexity index is 300. The quantitative estimate of drug-likeness (QED) is 0.626. The molecule has 0 aromatic rings. The van der Waals surface area contributed by atoms with E-state index in [4.69, 9.17) is 4.74 Å². The molecule has 0 aromatic carbocycles. The molecule has 1 aliphatic rings. The Kier molecular flexibility index (Phi) is 6.40. The van der Waals surface area contributed by atoms with Crippen LogP contribution >= 0.6 is 0 Å². The largest absolute Gasteiger partial charge is 0.377 e. The summed E-state index contributed by atoms with van der Waals surface area (Å²) in [6.07, 6.45) is 5.03. The lowest BCUT2D eigenvalue weighted by atomic mass is 10.3. The van der Waals surface area contributed by atoms with Crippen molar-refractivity contribution >= 4 is 10.0 Å². The van der Waals surface area contributed by atoms with Crippen LogP contribution in [0.2, 0.25) is 0 Å². The first-order valence-electron chi connectivity index (χ1n) is 6.31. The molecular weight excluding hydrogens is 240 g/mol. The van der Waals surface area contributed by atoms with Crippen molar-refractivity contribution < 1.29 is 13.2 Å². The van der Waals surface area contributed by atoms with Crippen molar-refractivity contribution in [1.29, 1.82) is 0 Å². The van der Waals surface area contributed by atoms with Crippen LogP contribution in [0.3, 0.4) is 0 Å². The molecule has 0 radical (unpaired) electrons. The van der Waals surface area contributed by atoms with Gasteiger partial charge in [0.2, 0.25) is 10.0 Å². The van der Waals surface area contributed by atoms with Gasteiger partial charge >= 0.3 is 0 Å². The zero-order valence-electron chi connectivity index (χ0n) is 10.7. The van der Waals surface area contributed by atoms with Crippen LogP contribution in [0.1, 0.15) is 32.6 Å². The Morgan fingerprint density at radius 3 is 2.59 bits per heavy atom. The Morgan fingerprint density at radius 2 is 2.00 bits per heavy atom. The molecule has 17 heavy (non-hydrogen) atoms. The van der Waals surface area contributed by atoms with Gasteiger partial charge in [0.05, 0.1) is 18.0 Å². The van der Waals surface area contributed by atoms with Gasteiger partial charge in [-0.05, 0) is 26.8 Å². The van der Waals surface area contributed by atoms with Crippen LogP contribution in [0.4, 0.5) is 0 Å². The minimum atomic E-state index is -3.21. The van der Waals surface area contributed by atoms with Gasteiger partial charge in [0.1, 0.15) is 0 Å². The van der Waals surface area contributed by atoms with E-state index in [0.717, 1.165) is 12.8 Å². The molecule has 5 nitrogen and oxygen atoms in total. The average Bonchev–Trinajstić information content (AvgIpc) is 2.77. The maximum Gasteiger partial charge on any atom is 0.215 e. The molecule has 1 saturated carbocycles. The van der Waals surface area contributed by atoms with E-state index in [1.165, 1.54) is 12.8 Å². The van der Waals surface area contributed by atoms with Gasteiger partial charge in [-0.15, -0.1) is 0 Å². The summed E-state index contributed by atoms with van der Waals surface area (Å²) < 4.78 is 31.6. The van der Waals surface area contributed by atoms with Crippen LogP contribution in [0.5, 0.6) is 0 Å². The highest BCUT2D eigenvalue weighted by atomic mass is 32.2. The summed E-state index contributed by atoms with van der Waals surface area (Å²) in [4.78, 5) is 0. The molecule has 1 atom stereocenters. The molecule has 1 rings (SSSR count). The lowest BCUT2D eigenvalue weighted by molar-refractivity contribution is 0.0626. The van der Waals surface area contributed by atoms with Gasteiger partial charge in [-0.3, -0.25) is 0 Å². The molecule has 0 aromatic heterocycles. The van der Waals surface area contributed by atoms with Crippen molar-refractivity contribution in [3.05, 3.63) is 0 Å². The van der Waals surface area contributed by atoms with E-state index in [1.54, 1.807) is 14.0 Å². The van der Waals surface area contributed by atoms with Gasteiger partial charge in [0.15, 0.2) is 0 Å². The molecule has 2 N–H and O–H groups in total. The van der Waals surface area contributed by atoms with E-state index in [2.05, 4.69) is 10.0 Å². The molecule has 6 heteroatoms. The molecule has 0 aliphatic heterocycles. The van der Waals surface area contributed by atoms with Crippen LogP contribution in [0.25, 0.3) is 0 Å². The maximum atomic E-state index is 11.7. The Morgan fingerprint density at radius 1 is 1.35 bits per heavy atom. The van der Waals surface area contributed by atoms with Crippen LogP contribution in [-0.4, -0.2) is 46.5 Å². The maximum absolute atomic E-state index is 11.7. The fraction of sp³-hybridized carbons (Fsp3) is 1.00. The molecule has 0 amide bonds. The molecule has 0 saturated heterocycles. The standard InChI is InChI=1S/C11H24N2O3S/c1-10(9-12-2)17(14,15)13-7-8-16-11-5-3-4-6-11/h10-13H,3-9H2,1-2H3. The predicted molar refractivity (Wildman–Crippen MR) is 68.5 cm³/mol. The molecule has 0 bridgehead atoms. The number of nitrogens with one attached hydrogen (secondary N) is 2. The van der Waals surface area contributed by atoms with Crippen LogP contribution in [-0.2, 0) is 14.8 Å². The Labute approximate surface area is 104 Å². The van der Waals surface area contributed by atoms with E-state index in [9.17, 15) is 8.42 Å². The van der Waals surface area contributed by atoms with Gasteiger partial charge < -0.3 is 10.1 Å². The Balaban J connectivity index is 2.16. The van der Waals surface area contributed by atoms with Crippen molar-refractivity contribution in [2.75, 3.05) is 26.7 Å². The van der Waals surface area contributed by atoms with Crippen LogP contribution in [0, 0.1) is 0 Å². The highest BCUT2D eigenvalue weighted by Crippen LogP contribution is 2.20. The second kappa shape index (κ2) is 7.31. The molecule has 1 unspecified atom stereocenters. The van der Waals surface area contributed by atoms with Gasteiger partial charge in [-0.25, -0.2) is 13.1 Å². The first-order chi connectivity index (χ1) is 8.06. The van der Waals surface area contributed by atoms with E-state index in [0.29, 0.717) is 25.8 Å². The summed E-state index contributed by atoms with van der Waals surface area (Å²) in [5.74, 6) is 0. The van der Waals surface area contributed by atoms with E-state index in [1.807, 2.05) is 0 Å². The normalized spacial score (nSPS) is 19.6. The summed E-state index contributed by atoms with van der Waals surface area (Å²) in [5.41, 5.74) is 0. The zero-order chi connectivity index (χ0) is 12.7. The predicted octanol–water partition coefficient (Wildman–Crippen LogP) is 0.473. The highest BCUT2D eigenvalue weighted by molar-refractivity contribution is 7.90. The highest BCUT2D eigenvalue weighted by Gasteiger charge is 2.19. The lowest BCUT2D eigenvalue weighted by Crippen LogP contribution is -2.39. The summed E-state index contributed by atoms with van der Waals surface area (Å²) in [5, 5.41) is 2.44. The molecular formula is C11H24N2O3S. The third-order valence-corrected chi connectivity index (χ3v) is 4.91. The first-order valence-corrected chi connectivity index (χ1v) is 7.85. The van der Waals surface area contributed by atoms with Gasteiger partial charge in [0, 0.05) is 13.1 Å². The van der Waals surface area contributed by atoms with Crippen molar-refractivity contribution in [3.8, 4) is 0 Å². The van der Waals surface area contributed by atoms with Gasteiger partial charge in [-0.1, -0.05) is 12.8 Å². The SMILES string of the molecule is CNCC(C)S(=O)(=O)NCCOC1CCCC1. The summed E-state index contributed by atoms with van der Waals surface area (Å²) >= 11 is 0. The first kappa shape index (κ1) is 14.9. The molecule has 102 valence electrons. The summed E-state index contributed by atoms with van der Waals surface area (Å²) in [6, 6.07) is 0. The molecule has 1 fully saturated rings. The second-order valence-electron chi connectivity index (χ2n) is 4.58. The van der Waals surface area contributed by atoms with Gasteiger partial charge in [-0.2, -0.15) is 0 Å². The number of hydrogen-bond acceptors (Lipinski definition) is 4. The number of rotatable bonds is 8. The lowest BCUT2D eigenvalue weighted by Gasteiger charge is -2.15. The fourth-order valence-corrected chi connectivity index (χ4v) is 3.04. The number of sulfonamides is 1. The fourth-order valence-electron chi connectivity index (χ4n) is 2.00. The topological polar surface area (TPSA) is 67.4 Å². The molecule has 0 heterocycles. The van der Waals surface area contributed by atoms with Crippen LogP contribution in [0.15, 0.2) is 0 Å². The second-order valence-corrected chi connectivity index (χ2v) is 6.77. The van der Waals surface area contributed by atoms with Crippen molar-refractivity contribution in [3.63, 3.8) is 0 Å². The zero-order valence-corrected chi connectivity index (χ0v) is 11.6. The minimum absolute atomic E-state index is 0.342. The van der Waals surface area contributed by atoms with E-state index < -0.39 is 15.3 Å². The summed E-state index contributed by atoms with van der Waals surface area (Å²) in [7, 11) is -1.47. The average molecular weight is 264 g/mol. The minimum Gasteiger partial charge on any atom is -0.377 e. The number of hydrogen-bond donors (Lipinski definition) is 2. The monoisotopic (exact) mass is 264 g/mol. The third kappa shape index (κ3) is 5.33. The van der Waals surface area contributed by atoms with Gasteiger partial charge in [0.25, 0.3) is 0 Å². The van der Waals surface area contributed by atoms with Crippen molar-refractivity contribution in [2.24, 2.45) is 0 Å².